The molecule has 1 aliphatic heterocycles. The Bertz CT molecular complexity index is 1090. The zero-order chi connectivity index (χ0) is 23.0. The van der Waals surface area contributed by atoms with Crippen LogP contribution in [0.15, 0.2) is 54.7 Å². The quantitative estimate of drug-likeness (QED) is 0.482. The van der Waals surface area contributed by atoms with Crippen molar-refractivity contribution in [3.05, 3.63) is 60.3 Å². The van der Waals surface area contributed by atoms with E-state index in [0.717, 1.165) is 30.9 Å². The monoisotopic (exact) mass is 447 g/mol. The van der Waals surface area contributed by atoms with Gasteiger partial charge < -0.3 is 15.4 Å². The first kappa shape index (κ1) is 22.5. The smallest absolute Gasteiger partial charge is 0.255 e. The van der Waals surface area contributed by atoms with E-state index in [9.17, 15) is 9.59 Å². The van der Waals surface area contributed by atoms with Crippen molar-refractivity contribution in [2.45, 2.75) is 26.2 Å². The Hall–Kier alpha value is -3.65. The van der Waals surface area contributed by atoms with Crippen LogP contribution in [0.3, 0.4) is 0 Å². The van der Waals surface area contributed by atoms with Crippen molar-refractivity contribution in [2.24, 2.45) is 0 Å². The highest BCUT2D eigenvalue weighted by Crippen LogP contribution is 2.32. The summed E-state index contributed by atoms with van der Waals surface area (Å²) in [7, 11) is 0. The zero-order valence-electron chi connectivity index (χ0n) is 18.8. The summed E-state index contributed by atoms with van der Waals surface area (Å²) in [6.45, 7) is 5.29. The number of H-pyrrole nitrogens is 1. The van der Waals surface area contributed by atoms with E-state index in [0.29, 0.717) is 29.2 Å². The van der Waals surface area contributed by atoms with Crippen molar-refractivity contribution in [3.63, 3.8) is 0 Å². The van der Waals surface area contributed by atoms with E-state index in [4.69, 9.17) is 4.74 Å². The maximum absolute atomic E-state index is 12.9. The Morgan fingerprint density at radius 3 is 2.52 bits per heavy atom. The highest BCUT2D eigenvalue weighted by molar-refractivity contribution is 6.07. The summed E-state index contributed by atoms with van der Waals surface area (Å²) in [6, 6.07) is 14.5. The van der Waals surface area contributed by atoms with E-state index in [2.05, 4.69) is 25.7 Å². The first-order valence-corrected chi connectivity index (χ1v) is 11.3. The van der Waals surface area contributed by atoms with Gasteiger partial charge in [-0.25, -0.2) is 0 Å². The highest BCUT2D eigenvalue weighted by atomic mass is 16.5. The molecule has 8 nitrogen and oxygen atoms in total. The number of aromatic amines is 1. The molecular formula is C25H29N5O3. The number of hydrogen-bond acceptors (Lipinski definition) is 5. The van der Waals surface area contributed by atoms with Crippen LogP contribution in [0.2, 0.25) is 0 Å². The number of likely N-dealkylation sites (tertiary alicyclic amines) is 1. The molecule has 0 radical (unpaired) electrons. The van der Waals surface area contributed by atoms with Gasteiger partial charge in [-0.2, -0.15) is 5.10 Å². The molecule has 3 aromatic rings. The number of para-hydroxylation sites is 1. The normalized spacial score (nSPS) is 14.0. The molecule has 3 N–H and O–H groups in total. The number of amides is 2. The van der Waals surface area contributed by atoms with Crippen molar-refractivity contribution >= 4 is 23.2 Å². The fraction of sp³-hybridized carbons (Fsp3) is 0.320. The van der Waals surface area contributed by atoms with Crippen LogP contribution >= 0.6 is 0 Å². The maximum atomic E-state index is 12.9. The van der Waals surface area contributed by atoms with Gasteiger partial charge in [-0.1, -0.05) is 24.6 Å². The van der Waals surface area contributed by atoms with Crippen LogP contribution in [0.1, 0.15) is 36.5 Å². The standard InChI is InChI=1S/C25H29N5O3/c1-18(31)27-23-17-26-29-24(23)21-7-3-4-8-22(21)28-25(32)19-9-11-20(12-10-19)33-16-15-30-13-5-2-6-14-30/h3-4,7-12,17H,2,5-6,13-16H2,1H3,(H,26,29)(H,27,31)(H,28,32). The molecule has 0 unspecified atom stereocenters. The molecule has 2 heterocycles. The molecule has 0 bridgehead atoms. The molecule has 4 rings (SSSR count). The van der Waals surface area contributed by atoms with Crippen molar-refractivity contribution < 1.29 is 14.3 Å². The van der Waals surface area contributed by atoms with Crippen molar-refractivity contribution in [2.75, 3.05) is 36.9 Å². The fourth-order valence-electron chi connectivity index (χ4n) is 3.96. The van der Waals surface area contributed by atoms with Crippen LogP contribution in [-0.2, 0) is 4.79 Å². The fourth-order valence-corrected chi connectivity index (χ4v) is 3.96. The molecule has 0 spiro atoms. The number of benzene rings is 2. The van der Waals surface area contributed by atoms with E-state index in [1.165, 1.54) is 26.2 Å². The number of carbonyl (C=O) groups is 2. The summed E-state index contributed by atoms with van der Waals surface area (Å²) in [5.74, 6) is 0.321. The van der Waals surface area contributed by atoms with E-state index >= 15 is 0 Å². The van der Waals surface area contributed by atoms with Crippen LogP contribution < -0.4 is 15.4 Å². The van der Waals surface area contributed by atoms with Crippen LogP contribution in [-0.4, -0.2) is 53.2 Å². The Morgan fingerprint density at radius 2 is 1.76 bits per heavy atom. The molecular weight excluding hydrogens is 418 g/mol. The minimum atomic E-state index is -0.233. The van der Waals surface area contributed by atoms with Crippen LogP contribution in [0.25, 0.3) is 11.3 Å². The lowest BCUT2D eigenvalue weighted by Gasteiger charge is -2.26. The maximum Gasteiger partial charge on any atom is 0.255 e. The number of carbonyl (C=O) groups excluding carboxylic acids is 2. The first-order chi connectivity index (χ1) is 16.1. The van der Waals surface area contributed by atoms with Gasteiger partial charge in [0.15, 0.2) is 0 Å². The summed E-state index contributed by atoms with van der Waals surface area (Å²) in [6.07, 6.45) is 5.40. The van der Waals surface area contributed by atoms with Gasteiger partial charge in [0.25, 0.3) is 5.91 Å². The lowest BCUT2D eigenvalue weighted by molar-refractivity contribution is -0.114. The lowest BCUT2D eigenvalue weighted by Crippen LogP contribution is -2.33. The number of hydrogen-bond donors (Lipinski definition) is 3. The third-order valence-electron chi connectivity index (χ3n) is 5.64. The first-order valence-electron chi connectivity index (χ1n) is 11.3. The average molecular weight is 448 g/mol. The Kier molecular flexibility index (Phi) is 7.36. The number of rotatable bonds is 8. The number of nitrogens with zero attached hydrogens (tertiary/aromatic N) is 2. The number of nitrogens with one attached hydrogen (secondary N) is 3. The number of aromatic nitrogens is 2. The van der Waals surface area contributed by atoms with Crippen LogP contribution in [0.4, 0.5) is 11.4 Å². The van der Waals surface area contributed by atoms with E-state index < -0.39 is 0 Å². The molecule has 172 valence electrons. The summed E-state index contributed by atoms with van der Waals surface area (Å²) in [4.78, 5) is 26.8. The van der Waals surface area contributed by atoms with E-state index in [-0.39, 0.29) is 11.8 Å². The molecule has 1 fully saturated rings. The Balaban J connectivity index is 1.39. The predicted molar refractivity (Wildman–Crippen MR) is 129 cm³/mol. The highest BCUT2D eigenvalue weighted by Gasteiger charge is 2.15. The predicted octanol–water partition coefficient (Wildman–Crippen LogP) is 4.15. The van der Waals surface area contributed by atoms with Crippen molar-refractivity contribution in [1.82, 2.24) is 15.1 Å². The molecule has 0 aliphatic carbocycles. The third kappa shape index (κ3) is 5.98. The summed E-state index contributed by atoms with van der Waals surface area (Å²) < 4.78 is 5.86. The van der Waals surface area contributed by atoms with Gasteiger partial charge in [0, 0.05) is 24.6 Å². The van der Waals surface area contributed by atoms with Gasteiger partial charge in [0.05, 0.1) is 23.3 Å². The van der Waals surface area contributed by atoms with E-state index in [1.54, 1.807) is 18.3 Å². The van der Waals surface area contributed by atoms with Gasteiger partial charge >= 0.3 is 0 Å². The van der Waals surface area contributed by atoms with Gasteiger partial charge in [0.1, 0.15) is 12.4 Å². The molecule has 1 aliphatic rings. The molecule has 2 amide bonds. The SMILES string of the molecule is CC(=O)Nc1cn[nH]c1-c1ccccc1NC(=O)c1ccc(OCCN2CCCCC2)cc1. The molecule has 1 aromatic heterocycles. The average Bonchev–Trinajstić information content (AvgIpc) is 3.28. The van der Waals surface area contributed by atoms with Crippen LogP contribution in [0.5, 0.6) is 5.75 Å². The Labute approximate surface area is 193 Å². The lowest BCUT2D eigenvalue weighted by atomic mass is 10.1. The molecule has 0 atom stereocenters. The topological polar surface area (TPSA) is 99.3 Å². The largest absolute Gasteiger partial charge is 0.492 e. The minimum absolute atomic E-state index is 0.197. The van der Waals surface area contributed by atoms with Gasteiger partial charge in [-0.15, -0.1) is 0 Å². The summed E-state index contributed by atoms with van der Waals surface area (Å²) in [5, 5.41) is 12.6. The zero-order valence-corrected chi connectivity index (χ0v) is 18.8. The van der Waals surface area contributed by atoms with Gasteiger partial charge in [0.2, 0.25) is 5.91 Å². The van der Waals surface area contributed by atoms with Gasteiger partial charge in [-0.05, 0) is 56.3 Å². The second-order valence-corrected chi connectivity index (χ2v) is 8.11. The number of piperidine rings is 1. The van der Waals surface area contributed by atoms with E-state index in [1.807, 2.05) is 36.4 Å². The second-order valence-electron chi connectivity index (χ2n) is 8.11. The third-order valence-corrected chi connectivity index (χ3v) is 5.64. The van der Waals surface area contributed by atoms with Crippen LogP contribution in [0, 0.1) is 0 Å². The molecule has 1 saturated heterocycles. The van der Waals surface area contributed by atoms with Crippen molar-refractivity contribution in [3.8, 4) is 17.0 Å². The summed E-state index contributed by atoms with van der Waals surface area (Å²) >= 11 is 0. The minimum Gasteiger partial charge on any atom is -0.492 e. The number of anilines is 2. The molecule has 2 aromatic carbocycles. The second kappa shape index (κ2) is 10.8. The molecule has 33 heavy (non-hydrogen) atoms. The number of ether oxygens (including phenoxy) is 1. The molecule has 8 heteroatoms. The Morgan fingerprint density at radius 1 is 1.00 bits per heavy atom. The van der Waals surface area contributed by atoms with Gasteiger partial charge in [-0.3, -0.25) is 19.6 Å². The molecule has 0 saturated carbocycles. The summed E-state index contributed by atoms with van der Waals surface area (Å²) in [5.41, 5.74) is 3.04. The van der Waals surface area contributed by atoms with Crippen molar-refractivity contribution in [1.29, 1.82) is 0 Å².